The highest BCUT2D eigenvalue weighted by atomic mass is 16.8. The minimum atomic E-state index is -1.99. The number of carbonyl (C=O) groups excluding carboxylic acids is 1. The van der Waals surface area contributed by atoms with Crippen LogP contribution < -0.4 is 5.32 Å². The normalized spacial score (nSPS) is 27.0. The van der Waals surface area contributed by atoms with Gasteiger partial charge in [-0.1, -0.05) is 277 Å². The number of hydrogen-bond acceptors (Lipinski definition) is 18. The predicted octanol–water partition coefficient (Wildman–Crippen LogP) is 12.7. The van der Waals surface area contributed by atoms with Crippen molar-refractivity contribution >= 4 is 5.91 Å². The molecule has 17 unspecified atom stereocenters. The van der Waals surface area contributed by atoms with Crippen molar-refractivity contribution in [1.29, 1.82) is 0 Å². The molecule has 0 spiro atoms. The second-order valence-electron chi connectivity index (χ2n) is 27.4. The van der Waals surface area contributed by atoms with Gasteiger partial charge in [-0.15, -0.1) is 0 Å². The van der Waals surface area contributed by atoms with Crippen LogP contribution in [0.25, 0.3) is 0 Å². The molecule has 0 aromatic carbocycles. The van der Waals surface area contributed by atoms with E-state index in [9.17, 15) is 61.0 Å². The van der Waals surface area contributed by atoms with Gasteiger partial charge in [0.2, 0.25) is 5.91 Å². The number of unbranched alkanes of at least 4 members (excludes halogenated alkanes) is 26. The zero-order valence-corrected chi connectivity index (χ0v) is 61.8. The number of nitrogens with one attached hydrogen (secondary N) is 1. The third kappa shape index (κ3) is 41.6. The summed E-state index contributed by atoms with van der Waals surface area (Å²) in [4.78, 5) is 13.5. The number of rotatable bonds is 60. The molecule has 0 aliphatic carbocycles. The molecule has 12 N–H and O–H groups in total. The fourth-order valence-corrected chi connectivity index (χ4v) is 12.5. The summed E-state index contributed by atoms with van der Waals surface area (Å²) in [5.74, 6) is -0.291. The van der Waals surface area contributed by atoms with Crippen molar-refractivity contribution in [2.24, 2.45) is 0 Å². The Bertz CT molecular complexity index is 2300. The SMILES string of the molecule is CC/C=C\C/C=C\C/C=C\C/C=C\C/C=C\C/C=C\C/C=C\C/C=C\CCCCCCCCCCCCCCC(=O)NC(COC1OC(CO)C(OC2OC(CO)C(OC3OC(CO)C(O)C(O)C3O)C(O)C2O)C(O)C1O)C(O)/C=C/CC/C=C/CCCCCCCCCCCCCCC. The van der Waals surface area contributed by atoms with E-state index in [1.54, 1.807) is 6.08 Å². The lowest BCUT2D eigenvalue weighted by Crippen LogP contribution is -2.66. The molecule has 0 aromatic rings. The third-order valence-electron chi connectivity index (χ3n) is 18.7. The van der Waals surface area contributed by atoms with Crippen molar-refractivity contribution in [3.8, 4) is 0 Å². The van der Waals surface area contributed by atoms with Gasteiger partial charge in [0.25, 0.3) is 0 Å². The zero-order valence-electron chi connectivity index (χ0n) is 61.8. The number of amides is 1. The molecule has 3 heterocycles. The van der Waals surface area contributed by atoms with Gasteiger partial charge in [0.05, 0.1) is 38.6 Å². The third-order valence-corrected chi connectivity index (χ3v) is 18.7. The van der Waals surface area contributed by atoms with Crippen LogP contribution in [0.2, 0.25) is 0 Å². The molecule has 19 heteroatoms. The van der Waals surface area contributed by atoms with E-state index in [0.717, 1.165) is 103 Å². The van der Waals surface area contributed by atoms with E-state index < -0.39 is 124 Å². The molecular formula is C82H139NO18. The standard InChI is InChI=1S/C82H139NO18/c1-3-5-7-9-11-13-15-17-19-21-23-24-25-26-27-28-29-30-31-32-33-34-35-36-37-38-39-40-42-44-46-48-50-52-54-56-58-60-70(88)83-65(66(87)59-57-55-53-51-49-47-45-43-41-22-20-18-16-14-12-10-8-6-4-2)64-96-80-76(94)73(91)78(68(62-85)98-80)101-82-77(95)74(92)79(69(63-86)99-82)100-81-75(93)72(90)71(89)67(61-84)97-81/h5,7,11,13,17,19,23-24,26-27,29-30,32-33,35-36,49,51,57,59,65-69,71-82,84-87,89-95H,3-4,6,8-10,12,14-16,18,20-22,25,28,31,34,37-48,50,52-56,58,60-64H2,1-2H3,(H,83,88)/b7-5-,13-11-,19-17-,24-23-,27-26-,30-29-,33-32-,36-35-,51-49+,59-57+. The van der Waals surface area contributed by atoms with Crippen molar-refractivity contribution in [3.05, 3.63) is 122 Å². The molecule has 3 fully saturated rings. The Labute approximate surface area is 608 Å². The summed E-state index contributed by atoms with van der Waals surface area (Å²) >= 11 is 0. The Balaban J connectivity index is 1.36. The maximum absolute atomic E-state index is 13.5. The summed E-state index contributed by atoms with van der Waals surface area (Å²) in [7, 11) is 0. The summed E-state index contributed by atoms with van der Waals surface area (Å²) in [5, 5.41) is 121. The first kappa shape index (κ1) is 91.4. The van der Waals surface area contributed by atoms with Crippen LogP contribution in [0.1, 0.15) is 258 Å². The first-order valence-corrected chi connectivity index (χ1v) is 39.3. The topological polar surface area (TPSA) is 307 Å². The first-order chi connectivity index (χ1) is 49.3. The van der Waals surface area contributed by atoms with Crippen LogP contribution in [0.15, 0.2) is 122 Å². The van der Waals surface area contributed by atoms with E-state index >= 15 is 0 Å². The molecule has 580 valence electrons. The molecule has 3 saturated heterocycles. The van der Waals surface area contributed by atoms with E-state index in [0.29, 0.717) is 12.8 Å². The monoisotopic (exact) mass is 1430 g/mol. The molecule has 3 aliphatic heterocycles. The number of ether oxygens (including phenoxy) is 6. The second-order valence-corrected chi connectivity index (χ2v) is 27.4. The molecule has 17 atom stereocenters. The first-order valence-electron chi connectivity index (χ1n) is 39.3. The highest BCUT2D eigenvalue weighted by Gasteiger charge is 2.53. The molecule has 1 amide bonds. The summed E-state index contributed by atoms with van der Waals surface area (Å²) in [6.45, 7) is 1.60. The fraction of sp³-hybridized carbons (Fsp3) is 0.744. The van der Waals surface area contributed by atoms with Gasteiger partial charge < -0.3 is 89.9 Å². The summed E-state index contributed by atoms with van der Waals surface area (Å²) in [6, 6.07) is -0.999. The average Bonchev–Trinajstić information content (AvgIpc) is 0.789. The maximum Gasteiger partial charge on any atom is 0.220 e. The van der Waals surface area contributed by atoms with Gasteiger partial charge >= 0.3 is 0 Å². The number of aliphatic hydroxyl groups is 11. The Kier molecular flexibility index (Phi) is 55.5. The molecular weight excluding hydrogens is 1290 g/mol. The Morgan fingerprint density at radius 3 is 1.11 bits per heavy atom. The van der Waals surface area contributed by atoms with Crippen LogP contribution >= 0.6 is 0 Å². The summed E-state index contributed by atoms with van der Waals surface area (Å²) < 4.78 is 34.4. The molecule has 19 nitrogen and oxygen atoms in total. The van der Waals surface area contributed by atoms with E-state index in [1.807, 2.05) is 6.08 Å². The van der Waals surface area contributed by atoms with Gasteiger partial charge in [-0.05, 0) is 96.3 Å². The highest BCUT2D eigenvalue weighted by molar-refractivity contribution is 5.76. The quantitative estimate of drug-likeness (QED) is 0.0199. The minimum Gasteiger partial charge on any atom is -0.394 e. The van der Waals surface area contributed by atoms with E-state index in [4.69, 9.17) is 28.4 Å². The van der Waals surface area contributed by atoms with Gasteiger partial charge in [-0.3, -0.25) is 4.79 Å². The lowest BCUT2D eigenvalue weighted by atomic mass is 9.96. The lowest BCUT2D eigenvalue weighted by Gasteiger charge is -2.48. The highest BCUT2D eigenvalue weighted by Crippen LogP contribution is 2.33. The molecule has 0 aromatic heterocycles. The lowest BCUT2D eigenvalue weighted by molar-refractivity contribution is -0.379. The molecule has 0 saturated carbocycles. The summed E-state index contributed by atoms with van der Waals surface area (Å²) in [5.41, 5.74) is 0. The van der Waals surface area contributed by atoms with E-state index in [1.165, 1.54) is 122 Å². The largest absolute Gasteiger partial charge is 0.394 e. The number of hydrogen-bond donors (Lipinski definition) is 12. The molecule has 3 rings (SSSR count). The molecule has 0 radical (unpaired) electrons. The van der Waals surface area contributed by atoms with Crippen molar-refractivity contribution in [3.63, 3.8) is 0 Å². The second kappa shape index (κ2) is 61.4. The average molecular weight is 1430 g/mol. The van der Waals surface area contributed by atoms with Crippen LogP contribution in [0.3, 0.4) is 0 Å². The van der Waals surface area contributed by atoms with E-state index in [2.05, 4.69) is 129 Å². The fourth-order valence-electron chi connectivity index (χ4n) is 12.5. The van der Waals surface area contributed by atoms with Crippen molar-refractivity contribution < 1.29 is 89.4 Å². The Morgan fingerprint density at radius 1 is 0.366 bits per heavy atom. The predicted molar refractivity (Wildman–Crippen MR) is 401 cm³/mol. The Morgan fingerprint density at radius 2 is 0.693 bits per heavy atom. The van der Waals surface area contributed by atoms with Crippen LogP contribution in [-0.4, -0.2) is 193 Å². The minimum absolute atomic E-state index is 0.226. The van der Waals surface area contributed by atoms with Crippen LogP contribution in [0, 0.1) is 0 Å². The van der Waals surface area contributed by atoms with Gasteiger partial charge in [-0.25, -0.2) is 0 Å². The van der Waals surface area contributed by atoms with Crippen molar-refractivity contribution in [1.82, 2.24) is 5.32 Å². The van der Waals surface area contributed by atoms with Crippen LogP contribution in [-0.2, 0) is 33.2 Å². The van der Waals surface area contributed by atoms with Gasteiger partial charge in [0, 0.05) is 6.42 Å². The number of aliphatic hydroxyl groups excluding tert-OH is 11. The van der Waals surface area contributed by atoms with Gasteiger partial charge in [0.15, 0.2) is 18.9 Å². The zero-order chi connectivity index (χ0) is 73.2. The summed E-state index contributed by atoms with van der Waals surface area (Å²) in [6.07, 6.45) is 58.9. The Hall–Kier alpha value is -3.81. The van der Waals surface area contributed by atoms with Crippen LogP contribution in [0.5, 0.6) is 0 Å². The molecule has 101 heavy (non-hydrogen) atoms. The smallest absolute Gasteiger partial charge is 0.220 e. The van der Waals surface area contributed by atoms with Gasteiger partial charge in [0.1, 0.15) is 73.2 Å². The maximum atomic E-state index is 13.5. The molecule has 0 bridgehead atoms. The van der Waals surface area contributed by atoms with Crippen molar-refractivity contribution in [2.75, 3.05) is 26.4 Å². The van der Waals surface area contributed by atoms with Gasteiger partial charge in [-0.2, -0.15) is 0 Å². The van der Waals surface area contributed by atoms with E-state index in [-0.39, 0.29) is 18.9 Å². The molecule has 3 aliphatic rings. The number of allylic oxidation sites excluding steroid dienone is 19. The van der Waals surface area contributed by atoms with Crippen molar-refractivity contribution in [2.45, 2.75) is 362 Å². The van der Waals surface area contributed by atoms with Crippen LogP contribution in [0.4, 0.5) is 0 Å². The number of carbonyl (C=O) groups is 1.